The van der Waals surface area contributed by atoms with Crippen LogP contribution >= 0.6 is 0 Å². The molecule has 0 aromatic rings. The van der Waals surface area contributed by atoms with Crippen LogP contribution in [-0.2, 0) is 14.3 Å². The third-order valence-corrected chi connectivity index (χ3v) is 15.4. The second kappa shape index (κ2) is 8.04. The third kappa shape index (κ3) is 3.15. The Balaban J connectivity index is 1.35. The molecule has 6 aliphatic rings. The highest BCUT2D eigenvalue weighted by Crippen LogP contribution is 2.90. The van der Waals surface area contributed by atoms with Gasteiger partial charge in [0.25, 0.3) is 0 Å². The summed E-state index contributed by atoms with van der Waals surface area (Å²) in [7, 11) is 0. The number of carbonyl (C=O) groups is 1. The largest absolute Gasteiger partial charge is 0.459 e. The fourth-order valence-electron chi connectivity index (χ4n) is 13.2. The predicted molar refractivity (Wildman–Crippen MR) is 153 cm³/mol. The molecule has 0 N–H and O–H groups in total. The lowest BCUT2D eigenvalue weighted by atomic mass is 9.40. The van der Waals surface area contributed by atoms with Gasteiger partial charge in [-0.1, -0.05) is 69.2 Å². The maximum Gasteiger partial charge on any atom is 0.303 e. The zero-order chi connectivity index (χ0) is 27.8. The van der Waals surface area contributed by atoms with Crippen molar-refractivity contribution >= 4 is 5.97 Å². The summed E-state index contributed by atoms with van der Waals surface area (Å²) in [4.78, 5) is 12.1. The van der Waals surface area contributed by atoms with Gasteiger partial charge in [-0.3, -0.25) is 4.79 Å². The van der Waals surface area contributed by atoms with Crippen LogP contribution in [0.15, 0.2) is 0 Å². The van der Waals surface area contributed by atoms with Crippen molar-refractivity contribution in [1.82, 2.24) is 0 Å². The van der Waals surface area contributed by atoms with Crippen molar-refractivity contribution in [1.29, 1.82) is 0 Å². The molecule has 0 aromatic heterocycles. The summed E-state index contributed by atoms with van der Waals surface area (Å²) in [6.07, 6.45) is 11.2. The fraction of sp³-hybridized carbons (Fsp3) is 0.971. The molecule has 1 unspecified atom stereocenters. The van der Waals surface area contributed by atoms with Gasteiger partial charge in [0.05, 0.1) is 12.2 Å². The molecule has 5 aliphatic carbocycles. The van der Waals surface area contributed by atoms with Gasteiger partial charge in [-0.25, -0.2) is 0 Å². The minimum Gasteiger partial charge on any atom is -0.459 e. The van der Waals surface area contributed by atoms with Gasteiger partial charge in [0.15, 0.2) is 0 Å². The first-order chi connectivity index (χ1) is 17.5. The average molecular weight is 527 g/mol. The molecule has 3 nitrogen and oxygen atoms in total. The van der Waals surface area contributed by atoms with Crippen LogP contribution in [0.5, 0.6) is 0 Å². The van der Waals surface area contributed by atoms with Crippen molar-refractivity contribution in [3.63, 3.8) is 0 Å². The predicted octanol–water partition coefficient (Wildman–Crippen LogP) is 8.69. The number of hydrogen-bond donors (Lipinski definition) is 0. The topological polar surface area (TPSA) is 35.5 Å². The van der Waals surface area contributed by atoms with Crippen LogP contribution in [0.3, 0.4) is 0 Å². The monoisotopic (exact) mass is 526 g/mol. The number of ether oxygens (including phenoxy) is 2. The molecule has 13 atom stereocenters. The van der Waals surface area contributed by atoms with Crippen LogP contribution in [-0.4, -0.2) is 24.3 Å². The van der Waals surface area contributed by atoms with Crippen molar-refractivity contribution < 1.29 is 14.3 Å². The zero-order valence-electron chi connectivity index (χ0n) is 26.6. The van der Waals surface area contributed by atoms with Crippen molar-refractivity contribution in [2.45, 2.75) is 146 Å². The number of fused-ring (bicyclic) bond motifs is 4. The molecule has 2 spiro atoms. The van der Waals surface area contributed by atoms with Crippen molar-refractivity contribution in [3.8, 4) is 0 Å². The molecular weight excluding hydrogens is 468 g/mol. The standard InChI is InChI=1S/C35H58O3/c1-20-18-24(29(30(5,6)7)37-23(4)36)38-28-22(3)33(11)26-13-12-25-31(8,9)21(2)14-15-34(25)19-35(26,34)17-16-32(33,10)27(20)28/h20-22,24-29H,12-19H2,1-11H3/t20-,21+,22+,24-,25-,26+,27+,28-,29+,32-,33+,34?,35+/m1/s1. The molecule has 0 amide bonds. The number of rotatable bonds is 2. The summed E-state index contributed by atoms with van der Waals surface area (Å²) in [5.41, 5.74) is 2.17. The first-order valence-electron chi connectivity index (χ1n) is 16.3. The lowest BCUT2D eigenvalue weighted by Gasteiger charge is -2.64. The van der Waals surface area contributed by atoms with Crippen molar-refractivity contribution in [2.75, 3.05) is 0 Å². The van der Waals surface area contributed by atoms with E-state index in [9.17, 15) is 4.79 Å². The van der Waals surface area contributed by atoms with Crippen LogP contribution in [0.4, 0.5) is 0 Å². The van der Waals surface area contributed by atoms with Gasteiger partial charge in [-0.05, 0) is 114 Å². The summed E-state index contributed by atoms with van der Waals surface area (Å²) in [5.74, 6) is 4.13. The molecule has 216 valence electrons. The lowest BCUT2D eigenvalue weighted by molar-refractivity contribution is -0.198. The summed E-state index contributed by atoms with van der Waals surface area (Å²) >= 11 is 0. The minimum atomic E-state index is -0.196. The molecule has 5 saturated carbocycles. The van der Waals surface area contributed by atoms with Crippen LogP contribution in [0.2, 0.25) is 0 Å². The van der Waals surface area contributed by atoms with Gasteiger partial charge in [0.1, 0.15) is 6.10 Å². The van der Waals surface area contributed by atoms with Gasteiger partial charge in [-0.2, -0.15) is 0 Å². The van der Waals surface area contributed by atoms with E-state index in [-0.39, 0.29) is 29.7 Å². The summed E-state index contributed by atoms with van der Waals surface area (Å²) in [6, 6.07) is 0. The third-order valence-electron chi connectivity index (χ3n) is 15.4. The first-order valence-corrected chi connectivity index (χ1v) is 16.3. The maximum atomic E-state index is 12.1. The van der Waals surface area contributed by atoms with Crippen LogP contribution < -0.4 is 0 Å². The lowest BCUT2D eigenvalue weighted by Crippen LogP contribution is -2.58. The molecule has 6 fully saturated rings. The molecule has 6 rings (SSSR count). The van der Waals surface area contributed by atoms with E-state index >= 15 is 0 Å². The van der Waals surface area contributed by atoms with Crippen molar-refractivity contribution in [2.24, 2.45) is 68.0 Å². The molecular formula is C35H58O3. The van der Waals surface area contributed by atoms with E-state index in [4.69, 9.17) is 9.47 Å². The number of carbonyl (C=O) groups excluding carboxylic acids is 1. The Morgan fingerprint density at radius 2 is 1.55 bits per heavy atom. The SMILES string of the molecule is CC(=O)O[C@@H]([C@H]1C[C@@H](C)[C@H]2[C@H](O1)[C@H](C)[C@@]1(C)[C@@H]3CC[C@@H]4C(C)(C)[C@@H](C)CCC45C[C@@]35CC[C@]21C)C(C)(C)C. The van der Waals surface area contributed by atoms with E-state index in [1.54, 1.807) is 6.92 Å². The van der Waals surface area contributed by atoms with E-state index in [0.717, 1.165) is 24.2 Å². The Morgan fingerprint density at radius 3 is 2.18 bits per heavy atom. The van der Waals surface area contributed by atoms with E-state index in [1.807, 2.05) is 0 Å². The van der Waals surface area contributed by atoms with Crippen LogP contribution in [0.1, 0.15) is 128 Å². The van der Waals surface area contributed by atoms with E-state index in [2.05, 4.69) is 69.2 Å². The second-order valence-corrected chi connectivity index (χ2v) is 17.7. The molecule has 1 aliphatic heterocycles. The second-order valence-electron chi connectivity index (χ2n) is 17.7. The van der Waals surface area contributed by atoms with Gasteiger partial charge < -0.3 is 9.47 Å². The number of esters is 1. The molecule has 3 heteroatoms. The van der Waals surface area contributed by atoms with Gasteiger partial charge in [-0.15, -0.1) is 0 Å². The Bertz CT molecular complexity index is 994. The molecule has 0 bridgehead atoms. The smallest absolute Gasteiger partial charge is 0.303 e. The van der Waals surface area contributed by atoms with E-state index < -0.39 is 0 Å². The molecule has 0 radical (unpaired) electrons. The normalized spacial score (nSPS) is 55.4. The van der Waals surface area contributed by atoms with Gasteiger partial charge in [0, 0.05) is 12.3 Å². The Morgan fingerprint density at radius 1 is 0.921 bits per heavy atom. The quantitative estimate of drug-likeness (QED) is 0.338. The van der Waals surface area contributed by atoms with Gasteiger partial charge in [0.2, 0.25) is 0 Å². The van der Waals surface area contributed by atoms with Crippen molar-refractivity contribution in [3.05, 3.63) is 0 Å². The molecule has 1 heterocycles. The highest BCUT2D eigenvalue weighted by Gasteiger charge is 2.84. The van der Waals surface area contributed by atoms with Gasteiger partial charge >= 0.3 is 5.97 Å². The molecule has 0 aromatic carbocycles. The average Bonchev–Trinajstić information content (AvgIpc) is 3.44. The molecule has 1 saturated heterocycles. The van der Waals surface area contributed by atoms with Crippen LogP contribution in [0, 0.1) is 68.0 Å². The highest BCUT2D eigenvalue weighted by molar-refractivity contribution is 5.66. The fourth-order valence-corrected chi connectivity index (χ4v) is 13.2. The summed E-state index contributed by atoms with van der Waals surface area (Å²) in [6.45, 7) is 26.4. The first kappa shape index (κ1) is 27.6. The maximum absolute atomic E-state index is 12.1. The van der Waals surface area contributed by atoms with E-state index in [1.165, 1.54) is 44.9 Å². The minimum absolute atomic E-state index is 0.0115. The van der Waals surface area contributed by atoms with Crippen LogP contribution in [0.25, 0.3) is 0 Å². The Labute approximate surface area is 234 Å². The Hall–Kier alpha value is -0.570. The molecule has 38 heavy (non-hydrogen) atoms. The zero-order valence-corrected chi connectivity index (χ0v) is 26.6. The Kier molecular flexibility index (Phi) is 5.84. The summed E-state index contributed by atoms with van der Waals surface area (Å²) in [5, 5.41) is 0. The highest BCUT2D eigenvalue weighted by atomic mass is 16.6. The summed E-state index contributed by atoms with van der Waals surface area (Å²) < 4.78 is 13.2. The van der Waals surface area contributed by atoms with E-state index in [0.29, 0.717) is 44.8 Å². The number of hydrogen-bond acceptors (Lipinski definition) is 3.